The quantitative estimate of drug-likeness (QED) is 0.176. The first kappa shape index (κ1) is 43.9. The van der Waals surface area contributed by atoms with Crippen LogP contribution in [0.1, 0.15) is 12.8 Å². The van der Waals surface area contributed by atoms with Gasteiger partial charge in [-0.25, -0.2) is 0 Å². The summed E-state index contributed by atoms with van der Waals surface area (Å²) in [5.74, 6) is 0. The van der Waals surface area contributed by atoms with Gasteiger partial charge in [-0.15, -0.1) is 0 Å². The van der Waals surface area contributed by atoms with E-state index in [1.54, 1.807) is 0 Å². The Balaban J connectivity index is -0.0000000674. The molecular formula is C8H18Na4O12P2. The van der Waals surface area contributed by atoms with Crippen molar-refractivity contribution in [2.45, 2.75) is 25.0 Å². The summed E-state index contributed by atoms with van der Waals surface area (Å²) >= 11 is 0. The molecule has 18 heteroatoms. The Labute approximate surface area is 240 Å². The minimum Gasteiger partial charge on any atom is -0.790 e. The molecule has 1 atom stereocenters. The number of aliphatic hydroxyl groups is 4. The van der Waals surface area contributed by atoms with Crippen LogP contribution in [0, 0.1) is 0 Å². The van der Waals surface area contributed by atoms with Gasteiger partial charge in [0.15, 0.2) is 0 Å². The maximum Gasteiger partial charge on any atom is 1.00 e. The predicted molar refractivity (Wildman–Crippen MR) is 62.5 cm³/mol. The van der Waals surface area contributed by atoms with Crippen molar-refractivity contribution in [1.82, 2.24) is 0 Å². The van der Waals surface area contributed by atoms with Crippen LogP contribution in [0.4, 0.5) is 0 Å². The van der Waals surface area contributed by atoms with Crippen molar-refractivity contribution in [3.63, 3.8) is 0 Å². The molecule has 1 unspecified atom stereocenters. The summed E-state index contributed by atoms with van der Waals surface area (Å²) in [6.45, 7) is -1.91. The zero-order valence-electron chi connectivity index (χ0n) is 15.3. The van der Waals surface area contributed by atoms with Gasteiger partial charge in [0.05, 0.1) is 35.0 Å². The molecule has 0 aromatic carbocycles. The number of hydrogen-bond donors (Lipinski definition) is 4. The average molecular weight is 460 g/mol. The molecule has 0 aliphatic heterocycles. The molecule has 136 valence electrons. The standard InChI is InChI=1S/C5H13O6P.C3H9O6P.4Na/c6-3-1-5(2-4-7)11-12(8,9)10;4-1-3(5)2-9-10(6,7)8;;;;/h5-7H,1-4H2,(H2,8,9,10);3-5H,1-2H2,(H2,6,7,8);;;;/q;;4*+1/p-4. The van der Waals surface area contributed by atoms with Crippen molar-refractivity contribution in [3.8, 4) is 0 Å². The molecular weight excluding hydrogens is 442 g/mol. The van der Waals surface area contributed by atoms with E-state index in [-0.39, 0.29) is 144 Å². The summed E-state index contributed by atoms with van der Waals surface area (Å²) in [6, 6.07) is 0. The summed E-state index contributed by atoms with van der Waals surface area (Å²) in [4.78, 5) is 39.6. The van der Waals surface area contributed by atoms with Crippen LogP contribution >= 0.6 is 15.6 Å². The number of aliphatic hydroxyl groups excluding tert-OH is 4. The number of phosphoric acid groups is 2. The molecule has 0 saturated heterocycles. The Morgan fingerprint density at radius 1 is 0.808 bits per heavy atom. The van der Waals surface area contributed by atoms with Gasteiger partial charge < -0.3 is 58.2 Å². The SMILES string of the molecule is O=P([O-])([O-])OC(CCO)CCO.O=P([O-])([O-])OCC(O)CO.[Na+].[Na+].[Na+].[Na+]. The smallest absolute Gasteiger partial charge is 0.790 e. The fourth-order valence-corrected chi connectivity index (χ4v) is 1.88. The predicted octanol–water partition coefficient (Wildman–Crippen LogP) is -16.8. The molecule has 0 aliphatic carbocycles. The molecule has 26 heavy (non-hydrogen) atoms. The van der Waals surface area contributed by atoms with Gasteiger partial charge in [-0.1, -0.05) is 0 Å². The largest absolute Gasteiger partial charge is 1.00 e. The van der Waals surface area contributed by atoms with Crippen LogP contribution < -0.4 is 138 Å². The van der Waals surface area contributed by atoms with Gasteiger partial charge in [0.1, 0.15) is 6.10 Å². The first-order valence-corrected chi connectivity index (χ1v) is 8.75. The molecule has 4 N–H and O–H groups in total. The fourth-order valence-electron chi connectivity index (χ4n) is 0.950. The summed E-state index contributed by atoms with van der Waals surface area (Å²) in [5.41, 5.74) is 0. The Kier molecular flexibility index (Phi) is 42.7. The maximum atomic E-state index is 10.1. The average Bonchev–Trinajstić information content (AvgIpc) is 2.34. The molecule has 0 fully saturated rings. The van der Waals surface area contributed by atoms with E-state index in [1.165, 1.54) is 0 Å². The zero-order chi connectivity index (χ0) is 17.8. The van der Waals surface area contributed by atoms with Gasteiger partial charge in [-0.05, 0) is 12.8 Å². The van der Waals surface area contributed by atoms with Gasteiger partial charge >= 0.3 is 118 Å². The fraction of sp³-hybridized carbons (Fsp3) is 1.00. The number of phosphoric ester groups is 2. The van der Waals surface area contributed by atoms with Crippen molar-refractivity contribution >= 4 is 15.6 Å². The van der Waals surface area contributed by atoms with Crippen LogP contribution in [-0.2, 0) is 18.2 Å². The molecule has 0 saturated carbocycles. The normalized spacial score (nSPS) is 11.6. The zero-order valence-corrected chi connectivity index (χ0v) is 25.1. The Morgan fingerprint density at radius 3 is 1.42 bits per heavy atom. The summed E-state index contributed by atoms with van der Waals surface area (Å²) in [7, 11) is -10.0. The van der Waals surface area contributed by atoms with Crippen molar-refractivity contribution in [1.29, 1.82) is 0 Å². The van der Waals surface area contributed by atoms with Crippen molar-refractivity contribution in [2.75, 3.05) is 26.4 Å². The first-order chi connectivity index (χ1) is 9.95. The minimum absolute atomic E-state index is 0. The van der Waals surface area contributed by atoms with Crippen LogP contribution in [0.2, 0.25) is 0 Å². The van der Waals surface area contributed by atoms with E-state index in [2.05, 4.69) is 9.05 Å². The molecule has 0 rings (SSSR count). The third kappa shape index (κ3) is 38.6. The monoisotopic (exact) mass is 460 g/mol. The van der Waals surface area contributed by atoms with Gasteiger partial charge in [0, 0.05) is 13.2 Å². The molecule has 0 heterocycles. The second-order valence-corrected chi connectivity index (χ2v) is 6.04. The molecule has 0 aromatic heterocycles. The summed E-state index contributed by atoms with van der Waals surface area (Å²) in [5, 5.41) is 33.4. The van der Waals surface area contributed by atoms with E-state index in [9.17, 15) is 28.7 Å². The molecule has 12 nitrogen and oxygen atoms in total. The van der Waals surface area contributed by atoms with E-state index >= 15 is 0 Å². The van der Waals surface area contributed by atoms with Crippen LogP contribution in [0.25, 0.3) is 0 Å². The van der Waals surface area contributed by atoms with Gasteiger partial charge in [0.25, 0.3) is 0 Å². The Morgan fingerprint density at radius 2 is 1.19 bits per heavy atom. The minimum atomic E-state index is -5.00. The van der Waals surface area contributed by atoms with E-state index in [1.807, 2.05) is 0 Å². The maximum absolute atomic E-state index is 10.1. The Hall–Kier alpha value is 4.06. The molecule has 0 amide bonds. The third-order valence-corrected chi connectivity index (χ3v) is 2.84. The molecule has 0 aliphatic rings. The second-order valence-electron chi connectivity index (χ2n) is 3.78. The summed E-state index contributed by atoms with van der Waals surface area (Å²) in [6.07, 6.45) is -2.19. The van der Waals surface area contributed by atoms with Crippen LogP contribution in [0.15, 0.2) is 0 Å². The second kappa shape index (κ2) is 25.3. The third-order valence-electron chi connectivity index (χ3n) is 1.82. The van der Waals surface area contributed by atoms with E-state index in [0.717, 1.165) is 0 Å². The van der Waals surface area contributed by atoms with E-state index < -0.39 is 41.1 Å². The van der Waals surface area contributed by atoms with Crippen LogP contribution in [-0.4, -0.2) is 59.1 Å². The van der Waals surface area contributed by atoms with E-state index in [0.29, 0.717) is 0 Å². The van der Waals surface area contributed by atoms with Crippen molar-refractivity contribution in [2.24, 2.45) is 0 Å². The van der Waals surface area contributed by atoms with Crippen molar-refractivity contribution in [3.05, 3.63) is 0 Å². The van der Waals surface area contributed by atoms with Crippen LogP contribution in [0.3, 0.4) is 0 Å². The molecule has 0 radical (unpaired) electrons. The topological polar surface area (TPSA) is 226 Å². The van der Waals surface area contributed by atoms with E-state index in [4.69, 9.17) is 20.4 Å². The number of rotatable bonds is 10. The van der Waals surface area contributed by atoms with Gasteiger partial charge in [-0.2, -0.15) is 0 Å². The molecule has 0 bridgehead atoms. The van der Waals surface area contributed by atoms with Crippen molar-refractivity contribution < 1.29 is 176 Å². The summed E-state index contributed by atoms with van der Waals surface area (Å²) < 4.78 is 27.4. The number of hydrogen-bond acceptors (Lipinski definition) is 12. The Bertz CT molecular complexity index is 361. The van der Waals surface area contributed by atoms with Gasteiger partial charge in [0.2, 0.25) is 0 Å². The van der Waals surface area contributed by atoms with Gasteiger partial charge in [-0.3, -0.25) is 0 Å². The molecule has 0 spiro atoms. The first-order valence-electron chi connectivity index (χ1n) is 5.82. The molecule has 0 aromatic rings. The van der Waals surface area contributed by atoms with Crippen LogP contribution in [0.5, 0.6) is 0 Å².